The maximum Gasteiger partial charge on any atom is 0.261 e. The van der Waals surface area contributed by atoms with Crippen LogP contribution >= 0.6 is 11.8 Å². The van der Waals surface area contributed by atoms with E-state index in [1.807, 2.05) is 53.1 Å². The van der Waals surface area contributed by atoms with E-state index in [0.717, 1.165) is 47.6 Å². The Morgan fingerprint density at radius 1 is 0.968 bits per heavy atom. The van der Waals surface area contributed by atoms with Gasteiger partial charge in [0.2, 0.25) is 5.91 Å². The average molecular weight is 431 g/mol. The van der Waals surface area contributed by atoms with Crippen molar-refractivity contribution in [3.05, 3.63) is 64.4 Å². The minimum atomic E-state index is -0.0116. The molecule has 156 valence electrons. The van der Waals surface area contributed by atoms with Crippen LogP contribution in [0.15, 0.2) is 53.3 Å². The second-order valence-electron chi connectivity index (χ2n) is 8.08. The van der Waals surface area contributed by atoms with Crippen molar-refractivity contribution in [2.24, 2.45) is 0 Å². The summed E-state index contributed by atoms with van der Waals surface area (Å²) in [4.78, 5) is 33.3. The predicted molar refractivity (Wildman–Crippen MR) is 125 cm³/mol. The SMILES string of the molecule is O=C(Cn1c2c(c3ccccc31)CCn1c-2nc2ccccc2c1=O)N1CCSCC1. The van der Waals surface area contributed by atoms with Crippen LogP contribution in [-0.4, -0.2) is 49.5 Å². The van der Waals surface area contributed by atoms with E-state index in [1.54, 1.807) is 4.57 Å². The van der Waals surface area contributed by atoms with Crippen LogP contribution in [0.5, 0.6) is 0 Å². The Labute approximate surface area is 183 Å². The Balaban J connectivity index is 1.57. The van der Waals surface area contributed by atoms with Crippen LogP contribution in [-0.2, 0) is 24.3 Å². The first-order chi connectivity index (χ1) is 15.2. The number of benzene rings is 2. The molecular formula is C24H22N4O2S. The fraction of sp³-hybridized carbons (Fsp3) is 0.292. The van der Waals surface area contributed by atoms with E-state index < -0.39 is 0 Å². The first kappa shape index (κ1) is 18.7. The number of aryl methyl sites for hydroxylation is 1. The predicted octanol–water partition coefficient (Wildman–Crippen LogP) is 3.15. The molecule has 4 heterocycles. The summed E-state index contributed by atoms with van der Waals surface area (Å²) >= 11 is 1.89. The third-order valence-corrected chi connectivity index (χ3v) is 7.33. The molecule has 0 bridgehead atoms. The van der Waals surface area contributed by atoms with Gasteiger partial charge < -0.3 is 9.47 Å². The molecule has 1 amide bonds. The van der Waals surface area contributed by atoms with Gasteiger partial charge in [0.05, 0.1) is 16.6 Å². The lowest BCUT2D eigenvalue weighted by Gasteiger charge is -2.27. The molecule has 2 aliphatic rings. The van der Waals surface area contributed by atoms with E-state index in [-0.39, 0.29) is 18.0 Å². The van der Waals surface area contributed by atoms with Crippen molar-refractivity contribution in [3.8, 4) is 11.5 Å². The fourth-order valence-electron chi connectivity index (χ4n) is 4.88. The maximum atomic E-state index is 13.2. The molecule has 2 aliphatic heterocycles. The summed E-state index contributed by atoms with van der Waals surface area (Å²) in [5.74, 6) is 2.77. The fourth-order valence-corrected chi connectivity index (χ4v) is 5.78. The number of carbonyl (C=O) groups excluding carboxylic acids is 1. The van der Waals surface area contributed by atoms with Crippen LogP contribution in [0.3, 0.4) is 0 Å². The van der Waals surface area contributed by atoms with Crippen molar-refractivity contribution in [2.75, 3.05) is 24.6 Å². The number of nitrogens with zero attached hydrogens (tertiary/aromatic N) is 4. The molecule has 6 nitrogen and oxygen atoms in total. The average Bonchev–Trinajstić information content (AvgIpc) is 3.14. The van der Waals surface area contributed by atoms with Gasteiger partial charge >= 0.3 is 0 Å². The number of amides is 1. The summed E-state index contributed by atoms with van der Waals surface area (Å²) in [6, 6.07) is 15.7. The third kappa shape index (κ3) is 2.91. The third-order valence-electron chi connectivity index (χ3n) is 6.39. The van der Waals surface area contributed by atoms with E-state index in [0.29, 0.717) is 23.3 Å². The van der Waals surface area contributed by atoms with E-state index >= 15 is 0 Å². The van der Waals surface area contributed by atoms with Crippen molar-refractivity contribution in [3.63, 3.8) is 0 Å². The van der Waals surface area contributed by atoms with Gasteiger partial charge in [-0.05, 0) is 30.2 Å². The van der Waals surface area contributed by atoms with Crippen LogP contribution in [0.25, 0.3) is 33.3 Å². The Kier molecular flexibility index (Phi) is 4.38. The number of hydrogen-bond acceptors (Lipinski definition) is 4. The van der Waals surface area contributed by atoms with E-state index in [4.69, 9.17) is 4.98 Å². The van der Waals surface area contributed by atoms with E-state index in [1.165, 1.54) is 5.56 Å². The number of fused-ring (bicyclic) bond motifs is 6. The van der Waals surface area contributed by atoms with Gasteiger partial charge in [-0.3, -0.25) is 14.2 Å². The van der Waals surface area contributed by atoms with Crippen molar-refractivity contribution >= 4 is 39.5 Å². The Morgan fingerprint density at radius 2 is 1.71 bits per heavy atom. The highest BCUT2D eigenvalue weighted by molar-refractivity contribution is 7.99. The molecule has 0 N–H and O–H groups in total. The van der Waals surface area contributed by atoms with Gasteiger partial charge in [0.15, 0.2) is 5.82 Å². The molecule has 6 rings (SSSR count). The minimum absolute atomic E-state index is 0.0116. The summed E-state index contributed by atoms with van der Waals surface area (Å²) in [6.07, 6.45) is 0.754. The van der Waals surface area contributed by atoms with Crippen LogP contribution in [0.4, 0.5) is 0 Å². The van der Waals surface area contributed by atoms with Gasteiger partial charge in [0, 0.05) is 42.0 Å². The van der Waals surface area contributed by atoms with Crippen molar-refractivity contribution in [1.82, 2.24) is 19.0 Å². The first-order valence-electron chi connectivity index (χ1n) is 10.7. The molecule has 0 aliphatic carbocycles. The quantitative estimate of drug-likeness (QED) is 0.490. The molecule has 0 spiro atoms. The summed E-state index contributed by atoms with van der Waals surface area (Å²) < 4.78 is 3.86. The number of para-hydroxylation sites is 2. The Hall–Kier alpha value is -3.06. The van der Waals surface area contributed by atoms with Gasteiger partial charge in [-0.15, -0.1) is 0 Å². The lowest BCUT2D eigenvalue weighted by molar-refractivity contribution is -0.131. The molecule has 0 saturated carbocycles. The highest BCUT2D eigenvalue weighted by Crippen LogP contribution is 2.36. The molecule has 2 aromatic heterocycles. The monoisotopic (exact) mass is 430 g/mol. The number of aromatic nitrogens is 3. The highest BCUT2D eigenvalue weighted by Gasteiger charge is 2.29. The molecule has 2 aromatic carbocycles. The molecule has 0 unspecified atom stereocenters. The summed E-state index contributed by atoms with van der Waals surface area (Å²) in [6.45, 7) is 2.46. The van der Waals surface area contributed by atoms with Crippen LogP contribution in [0, 0.1) is 0 Å². The van der Waals surface area contributed by atoms with Gasteiger partial charge in [-0.1, -0.05) is 30.3 Å². The second-order valence-corrected chi connectivity index (χ2v) is 9.31. The largest absolute Gasteiger partial charge is 0.339 e. The number of carbonyl (C=O) groups is 1. The maximum absolute atomic E-state index is 13.2. The summed E-state index contributed by atoms with van der Waals surface area (Å²) in [5, 5.41) is 1.78. The smallest absolute Gasteiger partial charge is 0.261 e. The normalized spacial score (nSPS) is 15.8. The Bertz CT molecular complexity index is 1400. The molecule has 0 radical (unpaired) electrons. The van der Waals surface area contributed by atoms with Crippen LogP contribution in [0.1, 0.15) is 5.56 Å². The summed E-state index contributed by atoms with van der Waals surface area (Å²) in [7, 11) is 0. The lowest BCUT2D eigenvalue weighted by Crippen LogP contribution is -2.40. The molecular weight excluding hydrogens is 408 g/mol. The Morgan fingerprint density at radius 3 is 2.55 bits per heavy atom. The van der Waals surface area contributed by atoms with E-state index in [9.17, 15) is 9.59 Å². The van der Waals surface area contributed by atoms with Gasteiger partial charge in [0.25, 0.3) is 5.56 Å². The second kappa shape index (κ2) is 7.27. The van der Waals surface area contributed by atoms with E-state index in [2.05, 4.69) is 16.7 Å². The van der Waals surface area contributed by atoms with Crippen molar-refractivity contribution < 1.29 is 4.79 Å². The number of hydrogen-bond donors (Lipinski definition) is 0. The van der Waals surface area contributed by atoms with Gasteiger partial charge in [0.1, 0.15) is 6.54 Å². The zero-order valence-electron chi connectivity index (χ0n) is 17.1. The van der Waals surface area contributed by atoms with Gasteiger partial charge in [-0.2, -0.15) is 11.8 Å². The molecule has 7 heteroatoms. The van der Waals surface area contributed by atoms with Crippen LogP contribution < -0.4 is 5.56 Å². The zero-order chi connectivity index (χ0) is 20.9. The van der Waals surface area contributed by atoms with Crippen molar-refractivity contribution in [1.29, 1.82) is 0 Å². The molecule has 1 saturated heterocycles. The molecule has 1 fully saturated rings. The summed E-state index contributed by atoms with van der Waals surface area (Å²) in [5.41, 5.74) is 3.81. The number of rotatable bonds is 2. The minimum Gasteiger partial charge on any atom is -0.339 e. The topological polar surface area (TPSA) is 60.1 Å². The van der Waals surface area contributed by atoms with Crippen LogP contribution in [0.2, 0.25) is 0 Å². The molecule has 0 atom stereocenters. The molecule has 4 aromatic rings. The van der Waals surface area contributed by atoms with Crippen molar-refractivity contribution in [2.45, 2.75) is 19.5 Å². The lowest BCUT2D eigenvalue weighted by atomic mass is 10.0. The van der Waals surface area contributed by atoms with Gasteiger partial charge in [-0.25, -0.2) is 4.98 Å². The first-order valence-corrected chi connectivity index (χ1v) is 11.8. The number of thioether (sulfide) groups is 1. The zero-order valence-corrected chi connectivity index (χ0v) is 17.9. The molecule has 31 heavy (non-hydrogen) atoms. The highest BCUT2D eigenvalue weighted by atomic mass is 32.2. The standard InChI is InChI=1S/C24H22N4O2S/c29-21(26-11-13-31-14-12-26)15-28-20-8-4-2-5-16(20)17-9-10-27-23(22(17)28)25-19-7-3-1-6-18(19)24(27)30/h1-8H,9-15H2.